The van der Waals surface area contributed by atoms with E-state index in [0.29, 0.717) is 5.56 Å². The molecule has 1 aromatic heterocycles. The van der Waals surface area contributed by atoms with E-state index < -0.39 is 5.97 Å². The van der Waals surface area contributed by atoms with Crippen molar-refractivity contribution in [3.63, 3.8) is 0 Å². The molecule has 3 rings (SSSR count). The third kappa shape index (κ3) is 5.94. The molecule has 28 heavy (non-hydrogen) atoms. The average molecular weight is 457 g/mol. The van der Waals surface area contributed by atoms with Crippen LogP contribution < -0.4 is 5.32 Å². The average Bonchev–Trinajstić information content (AvgIpc) is 2.73. The summed E-state index contributed by atoms with van der Waals surface area (Å²) in [6.45, 7) is -0.0155. The van der Waals surface area contributed by atoms with Crippen molar-refractivity contribution in [2.24, 2.45) is 0 Å². The van der Waals surface area contributed by atoms with E-state index in [4.69, 9.17) is 4.74 Å². The highest BCUT2D eigenvalue weighted by atomic mass is 79.9. The summed E-state index contributed by atoms with van der Waals surface area (Å²) in [5, 5.41) is 3.38. The molecule has 142 valence electrons. The van der Waals surface area contributed by atoms with E-state index in [1.807, 2.05) is 54.6 Å². The first-order valence-electron chi connectivity index (χ1n) is 8.48. The van der Waals surface area contributed by atoms with Gasteiger partial charge in [0.25, 0.3) is 5.91 Å². The number of esters is 1. The molecule has 0 atom stereocenters. The Labute approximate surface area is 175 Å². The number of pyridine rings is 1. The van der Waals surface area contributed by atoms with Gasteiger partial charge in [-0.2, -0.15) is 0 Å². The summed E-state index contributed by atoms with van der Waals surface area (Å²) in [4.78, 5) is 29.5. The number of nitrogens with one attached hydrogen (secondary N) is 1. The van der Waals surface area contributed by atoms with Crippen molar-refractivity contribution in [3.8, 4) is 0 Å². The zero-order valence-electron chi connectivity index (χ0n) is 14.8. The van der Waals surface area contributed by atoms with E-state index >= 15 is 0 Å². The first-order valence-corrected chi connectivity index (χ1v) is 10.1. The van der Waals surface area contributed by atoms with Gasteiger partial charge in [0.2, 0.25) is 0 Å². The largest absolute Gasteiger partial charge is 0.460 e. The molecular formula is C21H17BrN2O3S. The van der Waals surface area contributed by atoms with Crippen LogP contribution in [0.25, 0.3) is 0 Å². The van der Waals surface area contributed by atoms with Crippen LogP contribution in [0.2, 0.25) is 0 Å². The number of aromatic nitrogens is 1. The first kappa shape index (κ1) is 20.1. The second-order valence-corrected chi connectivity index (χ2v) is 7.72. The number of carbonyl (C=O) groups is 2. The fraction of sp³-hybridized carbons (Fsp3) is 0.0952. The Morgan fingerprint density at radius 3 is 2.50 bits per heavy atom. The number of carbonyl (C=O) groups excluding carboxylic acids is 2. The number of amides is 1. The number of hydrogen-bond acceptors (Lipinski definition) is 5. The van der Waals surface area contributed by atoms with Crippen molar-refractivity contribution in [1.82, 2.24) is 10.3 Å². The van der Waals surface area contributed by atoms with E-state index in [9.17, 15) is 9.59 Å². The molecule has 1 heterocycles. The Balaban J connectivity index is 1.56. The predicted molar refractivity (Wildman–Crippen MR) is 111 cm³/mol. The highest BCUT2D eigenvalue weighted by molar-refractivity contribution is 9.10. The van der Waals surface area contributed by atoms with Crippen LogP contribution >= 0.6 is 27.7 Å². The number of hydrogen-bond donors (Lipinski definition) is 1. The molecule has 0 bridgehead atoms. The maximum absolute atomic E-state index is 12.5. The van der Waals surface area contributed by atoms with E-state index in [2.05, 4.69) is 26.2 Å². The van der Waals surface area contributed by atoms with Gasteiger partial charge in [0.15, 0.2) is 0 Å². The molecule has 0 fully saturated rings. The van der Waals surface area contributed by atoms with Crippen LogP contribution in [0.3, 0.4) is 0 Å². The van der Waals surface area contributed by atoms with Gasteiger partial charge in [0.05, 0.1) is 5.56 Å². The van der Waals surface area contributed by atoms with Gasteiger partial charge < -0.3 is 10.1 Å². The number of nitrogens with zero attached hydrogens (tertiary/aromatic N) is 1. The van der Waals surface area contributed by atoms with E-state index in [1.165, 1.54) is 11.8 Å². The molecule has 5 nitrogen and oxygen atoms in total. The van der Waals surface area contributed by atoms with Crippen LogP contribution in [0.1, 0.15) is 15.9 Å². The van der Waals surface area contributed by atoms with E-state index in [-0.39, 0.29) is 19.1 Å². The summed E-state index contributed by atoms with van der Waals surface area (Å²) in [5.41, 5.74) is 1.37. The Kier molecular flexibility index (Phi) is 7.22. The first-order chi connectivity index (χ1) is 13.6. The Morgan fingerprint density at radius 2 is 1.75 bits per heavy atom. The van der Waals surface area contributed by atoms with Crippen LogP contribution in [0, 0.1) is 0 Å². The minimum absolute atomic E-state index is 0.178. The van der Waals surface area contributed by atoms with Crippen molar-refractivity contribution in [2.75, 3.05) is 6.54 Å². The molecule has 0 radical (unpaired) electrons. The number of benzene rings is 2. The quantitative estimate of drug-likeness (QED) is 0.531. The lowest BCUT2D eigenvalue weighted by Gasteiger charge is -2.10. The van der Waals surface area contributed by atoms with Gasteiger partial charge in [-0.3, -0.25) is 9.59 Å². The molecule has 0 unspecified atom stereocenters. The number of halogens is 1. The molecule has 0 spiro atoms. The third-order valence-corrected chi connectivity index (χ3v) is 5.18. The van der Waals surface area contributed by atoms with Gasteiger partial charge in [-0.05, 0) is 45.8 Å². The smallest absolute Gasteiger partial charge is 0.325 e. The van der Waals surface area contributed by atoms with Crippen molar-refractivity contribution in [1.29, 1.82) is 0 Å². The van der Waals surface area contributed by atoms with Crippen molar-refractivity contribution in [2.45, 2.75) is 16.5 Å². The van der Waals surface area contributed by atoms with Gasteiger partial charge >= 0.3 is 5.97 Å². The van der Waals surface area contributed by atoms with E-state index in [0.717, 1.165) is 20.0 Å². The summed E-state index contributed by atoms with van der Waals surface area (Å²) in [6.07, 6.45) is 1.70. The highest BCUT2D eigenvalue weighted by Crippen LogP contribution is 2.29. The lowest BCUT2D eigenvalue weighted by atomic mass is 10.2. The summed E-state index contributed by atoms with van der Waals surface area (Å²) in [6, 6.07) is 20.3. The van der Waals surface area contributed by atoms with Gasteiger partial charge in [0, 0.05) is 15.6 Å². The monoisotopic (exact) mass is 456 g/mol. The second-order valence-electron chi connectivity index (χ2n) is 5.74. The molecule has 7 heteroatoms. The maximum atomic E-state index is 12.5. The zero-order valence-corrected chi connectivity index (χ0v) is 17.2. The summed E-state index contributed by atoms with van der Waals surface area (Å²) in [7, 11) is 0. The van der Waals surface area contributed by atoms with E-state index in [1.54, 1.807) is 18.3 Å². The minimum Gasteiger partial charge on any atom is -0.460 e. The molecule has 3 aromatic rings. The van der Waals surface area contributed by atoms with Crippen LogP contribution in [0.5, 0.6) is 0 Å². The lowest BCUT2D eigenvalue weighted by molar-refractivity contribution is -0.143. The normalized spacial score (nSPS) is 10.3. The Hall–Kier alpha value is -2.64. The topological polar surface area (TPSA) is 68.3 Å². The predicted octanol–water partition coefficient (Wildman–Crippen LogP) is 4.47. The molecule has 0 aliphatic heterocycles. The number of ether oxygens (including phenoxy) is 1. The standard InChI is InChI=1S/C21H17BrN2O3S/c22-16-10-11-19(23-12-16)28-18-9-5-4-8-17(18)21(26)24-13-20(25)27-14-15-6-2-1-3-7-15/h1-12H,13-14H2,(H,24,26). The van der Waals surface area contributed by atoms with Gasteiger partial charge in [0.1, 0.15) is 18.2 Å². The summed E-state index contributed by atoms with van der Waals surface area (Å²) in [5.74, 6) is -0.825. The fourth-order valence-electron chi connectivity index (χ4n) is 2.32. The zero-order chi connectivity index (χ0) is 19.8. The molecule has 0 aliphatic carbocycles. The summed E-state index contributed by atoms with van der Waals surface area (Å²) >= 11 is 4.73. The molecule has 1 amide bonds. The molecule has 0 aliphatic rings. The van der Waals surface area contributed by atoms with Crippen molar-refractivity contribution in [3.05, 3.63) is 88.5 Å². The molecular weight excluding hydrogens is 440 g/mol. The highest BCUT2D eigenvalue weighted by Gasteiger charge is 2.14. The third-order valence-electron chi connectivity index (χ3n) is 3.68. The Bertz CT molecular complexity index is 949. The van der Waals surface area contributed by atoms with Crippen molar-refractivity contribution >= 4 is 39.6 Å². The molecule has 0 saturated carbocycles. The van der Waals surface area contributed by atoms with Gasteiger partial charge in [-0.15, -0.1) is 0 Å². The van der Waals surface area contributed by atoms with Crippen LogP contribution in [0.4, 0.5) is 0 Å². The van der Waals surface area contributed by atoms with Crippen molar-refractivity contribution < 1.29 is 14.3 Å². The number of rotatable bonds is 7. The molecule has 1 N–H and O–H groups in total. The minimum atomic E-state index is -0.489. The fourth-order valence-corrected chi connectivity index (χ4v) is 3.43. The van der Waals surface area contributed by atoms with Crippen LogP contribution in [-0.4, -0.2) is 23.4 Å². The van der Waals surface area contributed by atoms with Gasteiger partial charge in [-0.1, -0.05) is 54.2 Å². The van der Waals surface area contributed by atoms with Gasteiger partial charge in [-0.25, -0.2) is 4.98 Å². The molecule has 2 aromatic carbocycles. The lowest BCUT2D eigenvalue weighted by Crippen LogP contribution is -2.30. The van der Waals surface area contributed by atoms with Crippen LogP contribution in [-0.2, 0) is 16.1 Å². The van der Waals surface area contributed by atoms with Crippen LogP contribution in [0.15, 0.2) is 87.3 Å². The summed E-state index contributed by atoms with van der Waals surface area (Å²) < 4.78 is 6.06. The Morgan fingerprint density at radius 1 is 1.00 bits per heavy atom. The SMILES string of the molecule is O=C(CNC(=O)c1ccccc1Sc1ccc(Br)cn1)OCc1ccccc1. The second kappa shape index (κ2) is 10.1. The maximum Gasteiger partial charge on any atom is 0.325 e. The molecule has 0 saturated heterocycles.